The molecule has 0 aliphatic carbocycles. The lowest BCUT2D eigenvalue weighted by Gasteiger charge is -2.12. The summed E-state index contributed by atoms with van der Waals surface area (Å²) in [5.41, 5.74) is 0.841. The molecule has 0 saturated carbocycles. The van der Waals surface area contributed by atoms with Gasteiger partial charge < -0.3 is 0 Å². The molecule has 0 radical (unpaired) electrons. The zero-order valence-electron chi connectivity index (χ0n) is 14.1. The Morgan fingerprint density at radius 1 is 1.11 bits per heavy atom. The first-order chi connectivity index (χ1) is 12.9. The Balaban J connectivity index is 1.99. The van der Waals surface area contributed by atoms with Crippen molar-refractivity contribution in [2.45, 2.75) is 4.90 Å². The van der Waals surface area contributed by atoms with Crippen LogP contribution in [0.3, 0.4) is 0 Å². The molecule has 27 heavy (non-hydrogen) atoms. The van der Waals surface area contributed by atoms with Gasteiger partial charge in [0.2, 0.25) is 0 Å². The Labute approximate surface area is 167 Å². The molecular weight excluding hydrogens is 404 g/mol. The summed E-state index contributed by atoms with van der Waals surface area (Å²) >= 11 is 6.83. The van der Waals surface area contributed by atoms with E-state index >= 15 is 0 Å². The number of halogens is 1. The number of rotatable bonds is 5. The van der Waals surface area contributed by atoms with E-state index in [2.05, 4.69) is 11.0 Å². The highest BCUT2D eigenvalue weighted by Gasteiger charge is 2.34. The smallest absolute Gasteiger partial charge is 0.282 e. The van der Waals surface area contributed by atoms with E-state index in [0.717, 1.165) is 17.3 Å². The zero-order chi connectivity index (χ0) is 19.4. The number of benzene rings is 2. The predicted molar refractivity (Wildman–Crippen MR) is 110 cm³/mol. The molecule has 0 unspecified atom stereocenters. The molecule has 0 spiro atoms. The SMILES string of the molecule is C=CCN1C(=O)C(=Cc2ccccc2)SC1=NS(=O)(=O)c1ccc(Cl)cc1. The second kappa shape index (κ2) is 8.12. The summed E-state index contributed by atoms with van der Waals surface area (Å²) in [6.07, 6.45) is 3.23. The molecule has 138 valence electrons. The lowest BCUT2D eigenvalue weighted by molar-refractivity contribution is -0.121. The van der Waals surface area contributed by atoms with Crippen molar-refractivity contribution in [2.75, 3.05) is 6.54 Å². The molecule has 5 nitrogen and oxygen atoms in total. The molecule has 2 aromatic rings. The summed E-state index contributed by atoms with van der Waals surface area (Å²) in [5.74, 6) is -0.311. The Hall–Kier alpha value is -2.35. The summed E-state index contributed by atoms with van der Waals surface area (Å²) < 4.78 is 29.1. The van der Waals surface area contributed by atoms with Gasteiger partial charge in [0.05, 0.1) is 9.80 Å². The van der Waals surface area contributed by atoms with E-state index in [4.69, 9.17) is 11.6 Å². The van der Waals surface area contributed by atoms with Crippen molar-refractivity contribution in [3.8, 4) is 0 Å². The molecule has 1 fully saturated rings. The highest BCUT2D eigenvalue weighted by atomic mass is 35.5. The van der Waals surface area contributed by atoms with E-state index in [0.29, 0.717) is 9.93 Å². The van der Waals surface area contributed by atoms with E-state index < -0.39 is 10.0 Å². The summed E-state index contributed by atoms with van der Waals surface area (Å²) in [6, 6.07) is 15.0. The van der Waals surface area contributed by atoms with Crippen molar-refractivity contribution >= 4 is 50.5 Å². The van der Waals surface area contributed by atoms with Crippen molar-refractivity contribution in [1.29, 1.82) is 0 Å². The number of thioether (sulfide) groups is 1. The van der Waals surface area contributed by atoms with Gasteiger partial charge in [-0.3, -0.25) is 9.69 Å². The first kappa shape index (κ1) is 19.4. The van der Waals surface area contributed by atoms with Gasteiger partial charge in [-0.1, -0.05) is 48.0 Å². The van der Waals surface area contributed by atoms with Crippen molar-refractivity contribution in [3.05, 3.63) is 82.7 Å². The van der Waals surface area contributed by atoms with Crippen molar-refractivity contribution in [3.63, 3.8) is 0 Å². The van der Waals surface area contributed by atoms with E-state index in [9.17, 15) is 13.2 Å². The normalized spacial score (nSPS) is 17.7. The molecule has 1 saturated heterocycles. The minimum Gasteiger partial charge on any atom is -0.282 e. The fraction of sp³-hybridized carbons (Fsp3) is 0.0526. The lowest BCUT2D eigenvalue weighted by atomic mass is 10.2. The molecule has 0 bridgehead atoms. The highest BCUT2D eigenvalue weighted by molar-refractivity contribution is 8.19. The van der Waals surface area contributed by atoms with Crippen molar-refractivity contribution < 1.29 is 13.2 Å². The molecule has 8 heteroatoms. The van der Waals surface area contributed by atoms with Gasteiger partial charge in [-0.25, -0.2) is 0 Å². The summed E-state index contributed by atoms with van der Waals surface area (Å²) in [4.78, 5) is 14.4. The van der Waals surface area contributed by atoms with E-state index in [1.165, 1.54) is 35.2 Å². The van der Waals surface area contributed by atoms with Gasteiger partial charge in [-0.05, 0) is 47.7 Å². The first-order valence-electron chi connectivity index (χ1n) is 7.88. The van der Waals surface area contributed by atoms with Crippen LogP contribution in [0.15, 0.2) is 81.5 Å². The maximum Gasteiger partial charge on any atom is 0.284 e. The number of hydrogen-bond donors (Lipinski definition) is 0. The Kier molecular flexibility index (Phi) is 5.84. The summed E-state index contributed by atoms with van der Waals surface area (Å²) in [7, 11) is -3.98. The van der Waals surface area contributed by atoms with E-state index in [1.54, 1.807) is 6.08 Å². The fourth-order valence-electron chi connectivity index (χ4n) is 2.33. The minimum atomic E-state index is -3.98. The monoisotopic (exact) mass is 418 g/mol. The molecule has 1 amide bonds. The largest absolute Gasteiger partial charge is 0.284 e. The van der Waals surface area contributed by atoms with Crippen LogP contribution in [0.4, 0.5) is 0 Å². The van der Waals surface area contributed by atoms with E-state index in [1.807, 2.05) is 30.3 Å². The third kappa shape index (κ3) is 4.50. The molecule has 1 aliphatic rings. The van der Waals surface area contributed by atoms with Crippen LogP contribution in [0.5, 0.6) is 0 Å². The molecule has 0 atom stereocenters. The molecule has 0 aromatic heterocycles. The topological polar surface area (TPSA) is 66.8 Å². The standard InChI is InChI=1S/C19H15ClN2O3S2/c1-2-12-22-18(23)17(13-14-6-4-3-5-7-14)26-19(22)21-27(24,25)16-10-8-15(20)9-11-16/h2-11,13H,1,12H2. The average molecular weight is 419 g/mol. The number of carbonyl (C=O) groups is 1. The van der Waals surface area contributed by atoms with Crippen LogP contribution in [0, 0.1) is 0 Å². The van der Waals surface area contributed by atoms with Gasteiger partial charge in [0, 0.05) is 11.6 Å². The predicted octanol–water partition coefficient (Wildman–Crippen LogP) is 4.19. The fourth-order valence-corrected chi connectivity index (χ4v) is 4.64. The molecule has 3 rings (SSSR count). The number of hydrogen-bond acceptors (Lipinski definition) is 4. The highest BCUT2D eigenvalue weighted by Crippen LogP contribution is 2.33. The van der Waals surface area contributed by atoms with Crippen LogP contribution >= 0.6 is 23.4 Å². The minimum absolute atomic E-state index is 0.00601. The summed E-state index contributed by atoms with van der Waals surface area (Å²) in [6.45, 7) is 3.78. The van der Waals surface area contributed by atoms with Crippen LogP contribution in [0.25, 0.3) is 6.08 Å². The van der Waals surface area contributed by atoms with Gasteiger partial charge in [-0.2, -0.15) is 8.42 Å². The van der Waals surface area contributed by atoms with Crippen LogP contribution in [0.2, 0.25) is 5.02 Å². The number of sulfonamides is 1. The Morgan fingerprint density at radius 2 is 1.78 bits per heavy atom. The van der Waals surface area contributed by atoms with Crippen molar-refractivity contribution in [1.82, 2.24) is 4.90 Å². The number of amides is 1. The number of amidine groups is 1. The van der Waals surface area contributed by atoms with Crippen LogP contribution in [0.1, 0.15) is 5.56 Å². The quantitative estimate of drug-likeness (QED) is 0.539. The van der Waals surface area contributed by atoms with E-state index in [-0.39, 0.29) is 22.5 Å². The molecule has 2 aromatic carbocycles. The molecule has 1 heterocycles. The van der Waals surface area contributed by atoms with Gasteiger partial charge >= 0.3 is 0 Å². The van der Waals surface area contributed by atoms with Gasteiger partial charge in [0.1, 0.15) is 0 Å². The third-order valence-corrected chi connectivity index (χ3v) is 6.26. The molecule has 1 aliphatic heterocycles. The zero-order valence-corrected chi connectivity index (χ0v) is 16.5. The van der Waals surface area contributed by atoms with Gasteiger partial charge in [0.25, 0.3) is 15.9 Å². The number of nitrogens with zero attached hydrogens (tertiary/aromatic N) is 2. The second-order valence-electron chi connectivity index (χ2n) is 5.53. The number of carbonyl (C=O) groups excluding carboxylic acids is 1. The van der Waals surface area contributed by atoms with Gasteiger partial charge in [0.15, 0.2) is 5.17 Å². The Bertz CT molecular complexity index is 1030. The summed E-state index contributed by atoms with van der Waals surface area (Å²) in [5, 5.41) is 0.519. The maximum atomic E-state index is 12.7. The van der Waals surface area contributed by atoms with Crippen LogP contribution in [-0.2, 0) is 14.8 Å². The lowest BCUT2D eigenvalue weighted by Crippen LogP contribution is -2.29. The van der Waals surface area contributed by atoms with Crippen LogP contribution < -0.4 is 0 Å². The first-order valence-corrected chi connectivity index (χ1v) is 10.5. The maximum absolute atomic E-state index is 12.7. The van der Waals surface area contributed by atoms with Crippen molar-refractivity contribution in [2.24, 2.45) is 4.40 Å². The van der Waals surface area contributed by atoms with Crippen LogP contribution in [-0.4, -0.2) is 30.9 Å². The molecule has 0 N–H and O–H groups in total. The third-order valence-electron chi connectivity index (χ3n) is 3.61. The second-order valence-corrected chi connectivity index (χ2v) is 8.58. The molecular formula is C19H15ClN2O3S2. The Morgan fingerprint density at radius 3 is 2.41 bits per heavy atom. The average Bonchev–Trinajstić information content (AvgIpc) is 2.91. The van der Waals surface area contributed by atoms with Gasteiger partial charge in [-0.15, -0.1) is 11.0 Å².